The molecule has 0 spiro atoms. The van der Waals surface area contributed by atoms with Gasteiger partial charge < -0.3 is 16.0 Å². The molecule has 0 amide bonds. The van der Waals surface area contributed by atoms with Crippen molar-refractivity contribution in [2.75, 3.05) is 6.54 Å². The number of hydrogen-bond donors (Lipinski definition) is 3. The highest BCUT2D eigenvalue weighted by Gasteiger charge is 2.09. The van der Waals surface area contributed by atoms with Crippen LogP contribution in [-0.2, 0) is 6.42 Å². The van der Waals surface area contributed by atoms with Crippen LogP contribution in [0.5, 0.6) is 0 Å². The van der Waals surface area contributed by atoms with Gasteiger partial charge in [-0.3, -0.25) is 4.99 Å². The van der Waals surface area contributed by atoms with Gasteiger partial charge in [0.05, 0.1) is 11.0 Å². The van der Waals surface area contributed by atoms with Crippen LogP contribution in [0.1, 0.15) is 33.0 Å². The molecule has 1 aromatic heterocycles. The minimum absolute atomic E-state index is 0.0493. The number of H-pyrrole nitrogens is 1. The van der Waals surface area contributed by atoms with E-state index >= 15 is 0 Å². The maximum Gasteiger partial charge on any atom is 0.188 e. The molecule has 2 rings (SSSR count). The fourth-order valence-corrected chi connectivity index (χ4v) is 1.99. The van der Waals surface area contributed by atoms with E-state index < -0.39 is 0 Å². The van der Waals surface area contributed by atoms with E-state index in [-0.39, 0.29) is 5.54 Å². The van der Waals surface area contributed by atoms with Gasteiger partial charge in [-0.05, 0) is 39.3 Å². The van der Waals surface area contributed by atoms with Gasteiger partial charge in [-0.2, -0.15) is 0 Å². The molecular formula is C15H23N5. The molecule has 5 heteroatoms. The molecule has 2 aromatic rings. The van der Waals surface area contributed by atoms with E-state index in [0.717, 1.165) is 29.7 Å². The SMILES string of the molecule is CC(C)(C)NC(N)=NCCCc1nc2ccccc2[nH]1. The number of nitrogens with zero attached hydrogens (tertiary/aromatic N) is 2. The summed E-state index contributed by atoms with van der Waals surface area (Å²) in [5.41, 5.74) is 7.86. The Morgan fingerprint density at radius 2 is 2.10 bits per heavy atom. The molecule has 0 radical (unpaired) electrons. The van der Waals surface area contributed by atoms with Gasteiger partial charge in [-0.25, -0.2) is 4.98 Å². The van der Waals surface area contributed by atoms with Crippen LogP contribution in [-0.4, -0.2) is 28.0 Å². The van der Waals surface area contributed by atoms with Crippen molar-refractivity contribution < 1.29 is 0 Å². The van der Waals surface area contributed by atoms with Crippen LogP contribution >= 0.6 is 0 Å². The van der Waals surface area contributed by atoms with Crippen molar-refractivity contribution in [3.8, 4) is 0 Å². The molecule has 0 fully saturated rings. The van der Waals surface area contributed by atoms with Gasteiger partial charge in [0, 0.05) is 18.5 Å². The van der Waals surface area contributed by atoms with Crippen LogP contribution in [0, 0.1) is 0 Å². The first-order chi connectivity index (χ1) is 9.44. The summed E-state index contributed by atoms with van der Waals surface area (Å²) in [5.74, 6) is 1.51. The highest BCUT2D eigenvalue weighted by atomic mass is 15.1. The second kappa shape index (κ2) is 5.94. The van der Waals surface area contributed by atoms with Gasteiger partial charge in [-0.15, -0.1) is 0 Å². The fourth-order valence-electron chi connectivity index (χ4n) is 1.99. The predicted molar refractivity (Wildman–Crippen MR) is 83.8 cm³/mol. The fraction of sp³-hybridized carbons (Fsp3) is 0.467. The molecule has 5 nitrogen and oxygen atoms in total. The molecule has 0 atom stereocenters. The van der Waals surface area contributed by atoms with E-state index in [2.05, 4.69) is 41.0 Å². The van der Waals surface area contributed by atoms with Crippen LogP contribution in [0.15, 0.2) is 29.3 Å². The predicted octanol–water partition coefficient (Wildman–Crippen LogP) is 2.20. The highest BCUT2D eigenvalue weighted by Crippen LogP contribution is 2.11. The number of fused-ring (bicyclic) bond motifs is 1. The minimum Gasteiger partial charge on any atom is -0.370 e. The molecular weight excluding hydrogens is 250 g/mol. The summed E-state index contributed by atoms with van der Waals surface area (Å²) in [6, 6.07) is 8.05. The lowest BCUT2D eigenvalue weighted by Crippen LogP contribution is -2.45. The summed E-state index contributed by atoms with van der Waals surface area (Å²) in [6.45, 7) is 6.88. The summed E-state index contributed by atoms with van der Waals surface area (Å²) in [4.78, 5) is 12.2. The van der Waals surface area contributed by atoms with Crippen LogP contribution in [0.4, 0.5) is 0 Å². The summed E-state index contributed by atoms with van der Waals surface area (Å²) in [7, 11) is 0. The van der Waals surface area contributed by atoms with E-state index in [9.17, 15) is 0 Å². The van der Waals surface area contributed by atoms with Crippen LogP contribution in [0.25, 0.3) is 11.0 Å². The lowest BCUT2D eigenvalue weighted by atomic mass is 10.1. The quantitative estimate of drug-likeness (QED) is 0.454. The third kappa shape index (κ3) is 4.26. The molecule has 0 bridgehead atoms. The number of imidazole rings is 1. The molecule has 0 saturated heterocycles. The Kier molecular flexibility index (Phi) is 4.27. The monoisotopic (exact) mass is 273 g/mol. The number of rotatable bonds is 4. The standard InChI is InChI=1S/C15H23N5/c1-15(2,3)20-14(16)17-10-6-9-13-18-11-7-4-5-8-12(11)19-13/h4-5,7-8H,6,9-10H2,1-3H3,(H,18,19)(H3,16,17,20). The Morgan fingerprint density at radius 1 is 1.35 bits per heavy atom. The van der Waals surface area contributed by atoms with Gasteiger partial charge in [0.1, 0.15) is 5.82 Å². The summed E-state index contributed by atoms with van der Waals surface area (Å²) in [6.07, 6.45) is 1.80. The number of hydrogen-bond acceptors (Lipinski definition) is 2. The largest absolute Gasteiger partial charge is 0.370 e. The summed E-state index contributed by atoms with van der Waals surface area (Å²) < 4.78 is 0. The number of para-hydroxylation sites is 2. The third-order valence-electron chi connectivity index (χ3n) is 2.80. The molecule has 0 unspecified atom stereocenters. The van der Waals surface area contributed by atoms with E-state index in [1.807, 2.05) is 24.3 Å². The highest BCUT2D eigenvalue weighted by molar-refractivity contribution is 5.78. The van der Waals surface area contributed by atoms with Crippen molar-refractivity contribution in [2.24, 2.45) is 10.7 Å². The van der Waals surface area contributed by atoms with E-state index in [1.165, 1.54) is 0 Å². The summed E-state index contributed by atoms with van der Waals surface area (Å²) >= 11 is 0. The average Bonchev–Trinajstić information content (AvgIpc) is 2.75. The van der Waals surface area contributed by atoms with Crippen molar-refractivity contribution >= 4 is 17.0 Å². The number of nitrogens with two attached hydrogens (primary N) is 1. The number of nitrogens with one attached hydrogen (secondary N) is 2. The molecule has 0 aliphatic heterocycles. The molecule has 1 heterocycles. The molecule has 0 saturated carbocycles. The Hall–Kier alpha value is -2.04. The van der Waals surface area contributed by atoms with E-state index in [0.29, 0.717) is 12.5 Å². The zero-order valence-corrected chi connectivity index (χ0v) is 12.4. The number of guanidine groups is 1. The number of aromatic nitrogens is 2. The van der Waals surface area contributed by atoms with Crippen LogP contribution < -0.4 is 11.1 Å². The molecule has 1 aromatic carbocycles. The lowest BCUT2D eigenvalue weighted by molar-refractivity contribution is 0.508. The Labute approximate surface area is 119 Å². The zero-order valence-electron chi connectivity index (χ0n) is 12.4. The average molecular weight is 273 g/mol. The van der Waals surface area contributed by atoms with E-state index in [4.69, 9.17) is 5.73 Å². The van der Waals surface area contributed by atoms with Gasteiger partial charge in [0.15, 0.2) is 5.96 Å². The first-order valence-corrected chi connectivity index (χ1v) is 6.96. The number of aliphatic imine (C=N–C) groups is 1. The van der Waals surface area contributed by atoms with Crippen molar-refractivity contribution in [3.05, 3.63) is 30.1 Å². The van der Waals surface area contributed by atoms with Crippen molar-refractivity contribution in [1.82, 2.24) is 15.3 Å². The maximum atomic E-state index is 5.82. The third-order valence-corrected chi connectivity index (χ3v) is 2.80. The number of benzene rings is 1. The maximum absolute atomic E-state index is 5.82. The number of aryl methyl sites for hydroxylation is 1. The minimum atomic E-state index is -0.0493. The molecule has 0 aliphatic rings. The van der Waals surface area contributed by atoms with Gasteiger partial charge in [0.2, 0.25) is 0 Å². The molecule has 0 aliphatic carbocycles. The van der Waals surface area contributed by atoms with Crippen LogP contribution in [0.2, 0.25) is 0 Å². The Bertz CT molecular complexity index is 559. The van der Waals surface area contributed by atoms with Gasteiger partial charge in [-0.1, -0.05) is 12.1 Å². The first-order valence-electron chi connectivity index (χ1n) is 6.96. The normalized spacial score (nSPS) is 12.8. The van der Waals surface area contributed by atoms with E-state index in [1.54, 1.807) is 0 Å². The molecule has 108 valence electrons. The lowest BCUT2D eigenvalue weighted by Gasteiger charge is -2.20. The molecule has 4 N–H and O–H groups in total. The number of aromatic amines is 1. The van der Waals surface area contributed by atoms with Crippen LogP contribution in [0.3, 0.4) is 0 Å². The van der Waals surface area contributed by atoms with Crippen molar-refractivity contribution in [1.29, 1.82) is 0 Å². The van der Waals surface area contributed by atoms with Crippen molar-refractivity contribution in [3.63, 3.8) is 0 Å². The summed E-state index contributed by atoms with van der Waals surface area (Å²) in [5, 5.41) is 3.14. The smallest absolute Gasteiger partial charge is 0.188 e. The zero-order chi connectivity index (χ0) is 14.6. The molecule has 20 heavy (non-hydrogen) atoms. The van der Waals surface area contributed by atoms with Crippen molar-refractivity contribution in [2.45, 2.75) is 39.2 Å². The topological polar surface area (TPSA) is 79.1 Å². The van der Waals surface area contributed by atoms with Gasteiger partial charge in [0.25, 0.3) is 0 Å². The van der Waals surface area contributed by atoms with Gasteiger partial charge >= 0.3 is 0 Å². The first kappa shape index (κ1) is 14.4. The second-order valence-electron chi connectivity index (χ2n) is 5.95. The second-order valence-corrected chi connectivity index (χ2v) is 5.95. The Balaban J connectivity index is 1.82. The Morgan fingerprint density at radius 3 is 2.80 bits per heavy atom.